The fraction of sp³-hybridized carbons (Fsp3) is 0.385. The molecule has 4 rings (SSSR count). The van der Waals surface area contributed by atoms with Crippen LogP contribution in [0.4, 0.5) is 11.5 Å². The molecular formula is C26H31N5. The smallest absolute Gasteiger partial charge is 0.147 e. The van der Waals surface area contributed by atoms with Gasteiger partial charge in [0.25, 0.3) is 0 Å². The molecule has 2 heterocycles. The van der Waals surface area contributed by atoms with Crippen LogP contribution in [0.3, 0.4) is 0 Å². The molecule has 1 aromatic heterocycles. The molecular weight excluding hydrogens is 382 g/mol. The predicted molar refractivity (Wildman–Crippen MR) is 128 cm³/mol. The Morgan fingerprint density at radius 1 is 1.03 bits per heavy atom. The Hall–Kier alpha value is -3.10. The van der Waals surface area contributed by atoms with Crippen LogP contribution in [0.25, 0.3) is 10.9 Å². The minimum Gasteiger partial charge on any atom is -0.370 e. The van der Waals surface area contributed by atoms with E-state index in [2.05, 4.69) is 60.6 Å². The van der Waals surface area contributed by atoms with E-state index in [1.165, 1.54) is 0 Å². The van der Waals surface area contributed by atoms with Gasteiger partial charge < -0.3 is 15.5 Å². The van der Waals surface area contributed by atoms with Gasteiger partial charge in [-0.2, -0.15) is 5.26 Å². The molecule has 5 nitrogen and oxygen atoms in total. The van der Waals surface area contributed by atoms with Gasteiger partial charge in [-0.1, -0.05) is 48.5 Å². The lowest BCUT2D eigenvalue weighted by atomic mass is 9.98. The molecule has 1 aliphatic rings. The van der Waals surface area contributed by atoms with Crippen LogP contribution in [0.2, 0.25) is 0 Å². The van der Waals surface area contributed by atoms with Crippen LogP contribution in [-0.2, 0) is 6.54 Å². The van der Waals surface area contributed by atoms with Crippen molar-refractivity contribution in [1.82, 2.24) is 10.3 Å². The summed E-state index contributed by atoms with van der Waals surface area (Å²) in [6, 6.07) is 21.3. The zero-order valence-corrected chi connectivity index (χ0v) is 18.7. The van der Waals surface area contributed by atoms with E-state index in [1.54, 1.807) is 0 Å². The Morgan fingerprint density at radius 2 is 1.71 bits per heavy atom. The standard InChI is InChI=1S/C26H31N5/c1-26(2,3)30-20-13-15-31(16-14-20)24-21-11-7-8-12-23(21)29-25(22(24)17-27)28-18-19-9-5-4-6-10-19/h4-12,20,30H,13-16,18H2,1-3H3,(H,28,29). The van der Waals surface area contributed by atoms with Gasteiger partial charge in [0.1, 0.15) is 17.5 Å². The molecule has 31 heavy (non-hydrogen) atoms. The zero-order chi connectivity index (χ0) is 21.8. The summed E-state index contributed by atoms with van der Waals surface area (Å²) < 4.78 is 0. The van der Waals surface area contributed by atoms with E-state index in [0.717, 1.165) is 48.1 Å². The molecule has 1 saturated heterocycles. The van der Waals surface area contributed by atoms with Gasteiger partial charge in [-0.25, -0.2) is 4.98 Å². The molecule has 0 saturated carbocycles. The first-order valence-corrected chi connectivity index (χ1v) is 11.1. The van der Waals surface area contributed by atoms with Crippen LogP contribution in [-0.4, -0.2) is 29.7 Å². The van der Waals surface area contributed by atoms with Crippen LogP contribution in [0, 0.1) is 11.3 Å². The summed E-state index contributed by atoms with van der Waals surface area (Å²) in [4.78, 5) is 7.18. The number of nitrogens with zero attached hydrogens (tertiary/aromatic N) is 3. The van der Waals surface area contributed by atoms with Crippen LogP contribution in [0.5, 0.6) is 0 Å². The van der Waals surface area contributed by atoms with Gasteiger partial charge in [-0.05, 0) is 45.2 Å². The number of para-hydroxylation sites is 1. The van der Waals surface area contributed by atoms with Gasteiger partial charge >= 0.3 is 0 Å². The highest BCUT2D eigenvalue weighted by atomic mass is 15.2. The van der Waals surface area contributed by atoms with Gasteiger partial charge in [0.2, 0.25) is 0 Å². The molecule has 0 radical (unpaired) electrons. The first kappa shape index (κ1) is 21.1. The average Bonchev–Trinajstić information content (AvgIpc) is 2.77. The fourth-order valence-electron chi connectivity index (χ4n) is 4.40. The molecule has 0 aliphatic carbocycles. The number of aromatic nitrogens is 1. The van der Waals surface area contributed by atoms with Crippen molar-refractivity contribution in [3.05, 3.63) is 65.7 Å². The monoisotopic (exact) mass is 413 g/mol. The molecule has 0 bridgehead atoms. The Kier molecular flexibility index (Phi) is 6.11. The lowest BCUT2D eigenvalue weighted by Crippen LogP contribution is -2.49. The van der Waals surface area contributed by atoms with E-state index < -0.39 is 0 Å². The predicted octanol–water partition coefficient (Wildman–Crippen LogP) is 5.08. The number of nitriles is 1. The third-order valence-electron chi connectivity index (χ3n) is 5.73. The molecule has 3 aromatic rings. The number of piperidine rings is 1. The summed E-state index contributed by atoms with van der Waals surface area (Å²) in [6.07, 6.45) is 2.12. The summed E-state index contributed by atoms with van der Waals surface area (Å²) in [6.45, 7) is 9.14. The van der Waals surface area contributed by atoms with Crippen LogP contribution < -0.4 is 15.5 Å². The van der Waals surface area contributed by atoms with Crippen LogP contribution in [0.15, 0.2) is 54.6 Å². The maximum absolute atomic E-state index is 10.1. The fourth-order valence-corrected chi connectivity index (χ4v) is 4.40. The summed E-state index contributed by atoms with van der Waals surface area (Å²) in [5.74, 6) is 0.662. The molecule has 0 amide bonds. The minimum absolute atomic E-state index is 0.114. The number of rotatable bonds is 5. The maximum Gasteiger partial charge on any atom is 0.147 e. The van der Waals surface area contributed by atoms with Crippen molar-refractivity contribution in [2.75, 3.05) is 23.3 Å². The second-order valence-corrected chi connectivity index (χ2v) is 9.31. The Morgan fingerprint density at radius 3 is 2.39 bits per heavy atom. The first-order chi connectivity index (χ1) is 14.9. The second-order valence-electron chi connectivity index (χ2n) is 9.31. The van der Waals surface area contributed by atoms with Crippen molar-refractivity contribution in [2.24, 2.45) is 0 Å². The van der Waals surface area contributed by atoms with Gasteiger partial charge in [0, 0.05) is 36.6 Å². The highest BCUT2D eigenvalue weighted by Crippen LogP contribution is 2.35. The highest BCUT2D eigenvalue weighted by molar-refractivity contribution is 5.97. The number of hydrogen-bond donors (Lipinski definition) is 2. The largest absolute Gasteiger partial charge is 0.370 e. The number of pyridine rings is 1. The Balaban J connectivity index is 1.65. The lowest BCUT2D eigenvalue weighted by Gasteiger charge is -2.38. The van der Waals surface area contributed by atoms with E-state index in [9.17, 15) is 5.26 Å². The SMILES string of the molecule is CC(C)(C)NC1CCN(c2c(C#N)c(NCc3ccccc3)nc3ccccc23)CC1. The van der Waals surface area contributed by atoms with E-state index in [0.29, 0.717) is 24.0 Å². The van der Waals surface area contributed by atoms with E-state index in [4.69, 9.17) is 4.98 Å². The summed E-state index contributed by atoms with van der Waals surface area (Å²) in [5, 5.41) is 18.3. The Bertz CT molecular complexity index is 1070. The highest BCUT2D eigenvalue weighted by Gasteiger charge is 2.26. The van der Waals surface area contributed by atoms with E-state index in [1.807, 2.05) is 36.4 Å². The summed E-state index contributed by atoms with van der Waals surface area (Å²) in [5.41, 5.74) is 3.84. The molecule has 0 atom stereocenters. The van der Waals surface area contributed by atoms with Gasteiger partial charge in [-0.15, -0.1) is 0 Å². The summed E-state index contributed by atoms with van der Waals surface area (Å²) in [7, 11) is 0. The van der Waals surface area contributed by atoms with Gasteiger partial charge in [-0.3, -0.25) is 0 Å². The molecule has 1 aliphatic heterocycles. The molecule has 1 fully saturated rings. The number of anilines is 2. The molecule has 2 N–H and O–H groups in total. The number of nitrogens with one attached hydrogen (secondary N) is 2. The molecule has 0 spiro atoms. The quantitative estimate of drug-likeness (QED) is 0.611. The molecule has 5 heteroatoms. The third kappa shape index (κ3) is 4.98. The molecule has 0 unspecified atom stereocenters. The van der Waals surface area contributed by atoms with Crippen molar-refractivity contribution in [2.45, 2.75) is 51.7 Å². The lowest BCUT2D eigenvalue weighted by molar-refractivity contribution is 0.317. The number of benzene rings is 2. The van der Waals surface area contributed by atoms with Crippen LogP contribution >= 0.6 is 0 Å². The number of hydrogen-bond acceptors (Lipinski definition) is 5. The molecule has 160 valence electrons. The Labute approximate surface area is 185 Å². The topological polar surface area (TPSA) is 64.0 Å². The van der Waals surface area contributed by atoms with Crippen molar-refractivity contribution in [3.8, 4) is 6.07 Å². The summed E-state index contributed by atoms with van der Waals surface area (Å²) >= 11 is 0. The van der Waals surface area contributed by atoms with Crippen LogP contribution in [0.1, 0.15) is 44.7 Å². The zero-order valence-electron chi connectivity index (χ0n) is 18.7. The molecule has 2 aromatic carbocycles. The van der Waals surface area contributed by atoms with Crippen molar-refractivity contribution >= 4 is 22.4 Å². The van der Waals surface area contributed by atoms with E-state index >= 15 is 0 Å². The first-order valence-electron chi connectivity index (χ1n) is 11.1. The minimum atomic E-state index is 0.114. The number of fused-ring (bicyclic) bond motifs is 1. The maximum atomic E-state index is 10.1. The van der Waals surface area contributed by atoms with Gasteiger partial charge in [0.05, 0.1) is 11.2 Å². The van der Waals surface area contributed by atoms with E-state index in [-0.39, 0.29) is 5.54 Å². The third-order valence-corrected chi connectivity index (χ3v) is 5.73. The second kappa shape index (κ2) is 8.95. The van der Waals surface area contributed by atoms with Crippen molar-refractivity contribution < 1.29 is 0 Å². The van der Waals surface area contributed by atoms with Crippen molar-refractivity contribution in [3.63, 3.8) is 0 Å². The average molecular weight is 414 g/mol. The van der Waals surface area contributed by atoms with Crippen molar-refractivity contribution in [1.29, 1.82) is 5.26 Å². The normalized spacial score (nSPS) is 15.1. The van der Waals surface area contributed by atoms with Gasteiger partial charge in [0.15, 0.2) is 0 Å².